The number of aromatic nitrogens is 2. The van der Waals surface area contributed by atoms with Gasteiger partial charge in [0.1, 0.15) is 5.82 Å². The molecule has 1 atom stereocenters. The van der Waals surface area contributed by atoms with Crippen molar-refractivity contribution in [1.82, 2.24) is 9.55 Å². The second kappa shape index (κ2) is 4.21. The van der Waals surface area contributed by atoms with E-state index in [0.29, 0.717) is 11.8 Å². The summed E-state index contributed by atoms with van der Waals surface area (Å²) >= 11 is 0. The quantitative estimate of drug-likeness (QED) is 0.820. The Morgan fingerprint density at radius 1 is 1.18 bits per heavy atom. The Balaban J connectivity index is 2.60. The van der Waals surface area contributed by atoms with E-state index >= 15 is 0 Å². The summed E-state index contributed by atoms with van der Waals surface area (Å²) in [5.74, 6) is -3.22. The third-order valence-corrected chi connectivity index (χ3v) is 2.38. The van der Waals surface area contributed by atoms with Crippen molar-refractivity contribution < 1.29 is 13.2 Å². The average molecular weight is 241 g/mol. The molecule has 0 bridgehead atoms. The molecule has 6 heteroatoms. The molecule has 0 radical (unpaired) electrons. The number of imidazole rings is 1. The summed E-state index contributed by atoms with van der Waals surface area (Å²) in [7, 11) is 0. The Morgan fingerprint density at radius 2 is 1.82 bits per heavy atom. The van der Waals surface area contributed by atoms with E-state index in [1.165, 1.54) is 17.1 Å². The van der Waals surface area contributed by atoms with Gasteiger partial charge < -0.3 is 5.73 Å². The van der Waals surface area contributed by atoms with Crippen LogP contribution in [0.3, 0.4) is 0 Å². The van der Waals surface area contributed by atoms with Crippen molar-refractivity contribution in [2.24, 2.45) is 5.73 Å². The zero-order valence-electron chi connectivity index (χ0n) is 8.99. The molecule has 0 aliphatic rings. The zero-order chi connectivity index (χ0) is 12.6. The molecular weight excluding hydrogens is 231 g/mol. The van der Waals surface area contributed by atoms with E-state index < -0.39 is 23.5 Å². The summed E-state index contributed by atoms with van der Waals surface area (Å²) in [5.41, 5.74) is 6.06. The maximum atomic E-state index is 13.5. The molecule has 1 aromatic carbocycles. The largest absolute Gasteiger partial charge is 0.323 e. The molecule has 2 N–H and O–H groups in total. The first-order valence-corrected chi connectivity index (χ1v) is 4.93. The lowest BCUT2D eigenvalue weighted by Crippen LogP contribution is -2.12. The van der Waals surface area contributed by atoms with Crippen LogP contribution in [0, 0.1) is 17.5 Å². The van der Waals surface area contributed by atoms with Crippen molar-refractivity contribution in [1.29, 1.82) is 0 Å². The first-order valence-electron chi connectivity index (χ1n) is 4.93. The van der Waals surface area contributed by atoms with Crippen LogP contribution in [-0.4, -0.2) is 9.55 Å². The lowest BCUT2D eigenvalue weighted by atomic mass is 10.2. The Hall–Kier alpha value is -1.82. The zero-order valence-corrected chi connectivity index (χ0v) is 8.99. The summed E-state index contributed by atoms with van der Waals surface area (Å²) in [5, 5.41) is 0. The minimum absolute atomic E-state index is 0.117. The van der Waals surface area contributed by atoms with Gasteiger partial charge in [0.2, 0.25) is 0 Å². The van der Waals surface area contributed by atoms with Gasteiger partial charge in [-0.1, -0.05) is 0 Å². The highest BCUT2D eigenvalue weighted by Crippen LogP contribution is 2.21. The normalized spacial score (nSPS) is 12.8. The molecular formula is C11H10F3N3. The molecule has 17 heavy (non-hydrogen) atoms. The van der Waals surface area contributed by atoms with E-state index in [2.05, 4.69) is 4.98 Å². The molecule has 3 nitrogen and oxygen atoms in total. The van der Waals surface area contributed by atoms with E-state index in [1.54, 1.807) is 6.92 Å². The van der Waals surface area contributed by atoms with Crippen LogP contribution in [0.1, 0.15) is 18.7 Å². The first-order chi connectivity index (χ1) is 8.00. The molecule has 2 aromatic rings. The van der Waals surface area contributed by atoms with Crippen LogP contribution in [0.2, 0.25) is 0 Å². The molecule has 0 aliphatic carbocycles. The van der Waals surface area contributed by atoms with E-state index in [-0.39, 0.29) is 5.69 Å². The fraction of sp³-hybridized carbons (Fsp3) is 0.182. The Bertz CT molecular complexity index is 549. The van der Waals surface area contributed by atoms with Gasteiger partial charge in [0.15, 0.2) is 11.6 Å². The summed E-state index contributed by atoms with van der Waals surface area (Å²) < 4.78 is 40.7. The van der Waals surface area contributed by atoms with Crippen LogP contribution < -0.4 is 5.73 Å². The van der Waals surface area contributed by atoms with Crippen molar-refractivity contribution in [3.8, 4) is 5.69 Å². The predicted octanol–water partition coefficient (Wildman–Crippen LogP) is 2.31. The molecule has 0 amide bonds. The molecule has 0 unspecified atom stereocenters. The van der Waals surface area contributed by atoms with E-state index in [9.17, 15) is 13.2 Å². The van der Waals surface area contributed by atoms with Crippen molar-refractivity contribution in [2.45, 2.75) is 13.0 Å². The van der Waals surface area contributed by atoms with Crippen LogP contribution in [-0.2, 0) is 0 Å². The second-order valence-corrected chi connectivity index (χ2v) is 3.69. The maximum Gasteiger partial charge on any atom is 0.161 e. The number of benzene rings is 1. The van der Waals surface area contributed by atoms with Gasteiger partial charge in [0, 0.05) is 18.2 Å². The molecule has 0 fully saturated rings. The second-order valence-electron chi connectivity index (χ2n) is 3.69. The third-order valence-electron chi connectivity index (χ3n) is 2.38. The van der Waals surface area contributed by atoms with Crippen molar-refractivity contribution in [3.05, 3.63) is 47.8 Å². The van der Waals surface area contributed by atoms with Gasteiger partial charge >= 0.3 is 0 Å². The number of hydrogen-bond donors (Lipinski definition) is 1. The number of rotatable bonds is 2. The average Bonchev–Trinajstić information content (AvgIpc) is 2.72. The molecule has 1 heterocycles. The van der Waals surface area contributed by atoms with E-state index in [0.717, 1.165) is 6.07 Å². The van der Waals surface area contributed by atoms with Crippen LogP contribution >= 0.6 is 0 Å². The van der Waals surface area contributed by atoms with Gasteiger partial charge in [0.25, 0.3) is 0 Å². The molecule has 0 spiro atoms. The monoisotopic (exact) mass is 241 g/mol. The van der Waals surface area contributed by atoms with Gasteiger partial charge in [-0.25, -0.2) is 18.2 Å². The molecule has 1 aromatic heterocycles. The maximum absolute atomic E-state index is 13.5. The Morgan fingerprint density at radius 3 is 2.47 bits per heavy atom. The molecule has 0 saturated carbocycles. The number of hydrogen-bond acceptors (Lipinski definition) is 2. The summed E-state index contributed by atoms with van der Waals surface area (Å²) in [6.45, 7) is 1.69. The first kappa shape index (κ1) is 11.7. The highest BCUT2D eigenvalue weighted by atomic mass is 19.2. The van der Waals surface area contributed by atoms with Gasteiger partial charge in [-0.05, 0) is 6.92 Å². The van der Waals surface area contributed by atoms with Gasteiger partial charge in [-0.2, -0.15) is 0 Å². The van der Waals surface area contributed by atoms with Crippen LogP contribution in [0.25, 0.3) is 5.69 Å². The number of nitrogens with two attached hydrogens (primary N) is 1. The summed E-state index contributed by atoms with van der Waals surface area (Å²) in [6, 6.07) is 0.874. The lowest BCUT2D eigenvalue weighted by molar-refractivity contribution is 0.492. The minimum Gasteiger partial charge on any atom is -0.323 e. The Kier molecular flexibility index (Phi) is 2.89. The SMILES string of the molecule is C[C@@H](N)c1cncn1-c1cc(F)c(F)cc1F. The molecule has 0 saturated heterocycles. The highest BCUT2D eigenvalue weighted by Gasteiger charge is 2.15. The van der Waals surface area contributed by atoms with Crippen LogP contribution in [0.5, 0.6) is 0 Å². The van der Waals surface area contributed by atoms with Gasteiger partial charge in [0.05, 0.1) is 23.9 Å². The van der Waals surface area contributed by atoms with Gasteiger partial charge in [-0.3, -0.25) is 4.57 Å². The van der Waals surface area contributed by atoms with Crippen LogP contribution in [0.15, 0.2) is 24.7 Å². The fourth-order valence-electron chi connectivity index (χ4n) is 1.54. The Labute approximate surface area is 95.7 Å². The molecule has 90 valence electrons. The fourth-order valence-corrected chi connectivity index (χ4v) is 1.54. The molecule has 2 rings (SSSR count). The standard InChI is InChI=1S/C11H10F3N3/c1-6(15)11-4-16-5-17(11)10-3-8(13)7(12)2-9(10)14/h2-6H,15H2,1H3/t6-/m1/s1. The molecule has 0 aliphatic heterocycles. The van der Waals surface area contributed by atoms with Crippen molar-refractivity contribution in [3.63, 3.8) is 0 Å². The summed E-state index contributed by atoms with van der Waals surface area (Å²) in [6.07, 6.45) is 2.75. The van der Waals surface area contributed by atoms with E-state index in [4.69, 9.17) is 5.73 Å². The smallest absolute Gasteiger partial charge is 0.161 e. The van der Waals surface area contributed by atoms with Crippen molar-refractivity contribution >= 4 is 0 Å². The highest BCUT2D eigenvalue weighted by molar-refractivity contribution is 5.36. The van der Waals surface area contributed by atoms with Gasteiger partial charge in [-0.15, -0.1) is 0 Å². The van der Waals surface area contributed by atoms with E-state index in [1.807, 2.05) is 0 Å². The lowest BCUT2D eigenvalue weighted by Gasteiger charge is -2.11. The number of halogens is 3. The summed E-state index contributed by atoms with van der Waals surface area (Å²) in [4.78, 5) is 3.81. The predicted molar refractivity (Wildman–Crippen MR) is 56.0 cm³/mol. The third kappa shape index (κ3) is 2.03. The number of nitrogens with zero attached hydrogens (tertiary/aromatic N) is 2. The topological polar surface area (TPSA) is 43.8 Å². The van der Waals surface area contributed by atoms with Crippen LogP contribution in [0.4, 0.5) is 13.2 Å². The van der Waals surface area contributed by atoms with Crippen molar-refractivity contribution in [2.75, 3.05) is 0 Å². The minimum atomic E-state index is -1.23.